The SMILES string of the molecule is S=C1N=C(Nc2ccc(-c3nc4ccccc4[nH]3)cc2)CNN1. The van der Waals surface area contributed by atoms with Gasteiger partial charge in [-0.3, -0.25) is 5.43 Å². The number of fused-ring (bicyclic) bond motifs is 1. The van der Waals surface area contributed by atoms with Gasteiger partial charge in [0.25, 0.3) is 0 Å². The third kappa shape index (κ3) is 2.92. The highest BCUT2D eigenvalue weighted by molar-refractivity contribution is 7.80. The van der Waals surface area contributed by atoms with E-state index in [1.807, 2.05) is 48.5 Å². The molecule has 0 unspecified atom stereocenters. The summed E-state index contributed by atoms with van der Waals surface area (Å²) in [6.45, 7) is 0.589. The molecular formula is C16H14N6S. The molecule has 4 N–H and O–H groups in total. The molecule has 0 spiro atoms. The van der Waals surface area contributed by atoms with Crippen LogP contribution in [0.25, 0.3) is 22.4 Å². The van der Waals surface area contributed by atoms with Crippen molar-refractivity contribution >= 4 is 39.9 Å². The van der Waals surface area contributed by atoms with Crippen molar-refractivity contribution in [1.29, 1.82) is 0 Å². The number of amidine groups is 1. The average molecular weight is 322 g/mol. The first kappa shape index (κ1) is 13.9. The third-order valence-electron chi connectivity index (χ3n) is 3.52. The van der Waals surface area contributed by atoms with Gasteiger partial charge in [0.15, 0.2) is 0 Å². The molecule has 6 nitrogen and oxygen atoms in total. The Kier molecular flexibility index (Phi) is 3.49. The summed E-state index contributed by atoms with van der Waals surface area (Å²) in [6.07, 6.45) is 0. The number of H-pyrrole nitrogens is 1. The molecule has 3 aromatic rings. The summed E-state index contributed by atoms with van der Waals surface area (Å²) in [5.41, 5.74) is 9.73. The second kappa shape index (κ2) is 5.79. The predicted octanol–water partition coefficient (Wildman–Crippen LogP) is 2.43. The Morgan fingerprint density at radius 2 is 1.87 bits per heavy atom. The van der Waals surface area contributed by atoms with Crippen LogP contribution in [-0.2, 0) is 0 Å². The molecule has 4 rings (SSSR count). The van der Waals surface area contributed by atoms with Crippen LogP contribution in [0.2, 0.25) is 0 Å². The zero-order valence-corrected chi connectivity index (χ0v) is 12.9. The molecule has 114 valence electrons. The smallest absolute Gasteiger partial charge is 0.209 e. The summed E-state index contributed by atoms with van der Waals surface area (Å²) >= 11 is 5.00. The topological polar surface area (TPSA) is 77.1 Å². The summed E-state index contributed by atoms with van der Waals surface area (Å²) in [5, 5.41) is 3.67. The van der Waals surface area contributed by atoms with E-state index in [2.05, 4.69) is 31.1 Å². The van der Waals surface area contributed by atoms with Crippen LogP contribution in [0.1, 0.15) is 0 Å². The van der Waals surface area contributed by atoms with Gasteiger partial charge in [-0.05, 0) is 48.6 Å². The minimum Gasteiger partial charge on any atom is -0.343 e. The Hall–Kier alpha value is -2.77. The minimum atomic E-state index is 0.428. The van der Waals surface area contributed by atoms with Gasteiger partial charge in [-0.25, -0.2) is 15.4 Å². The van der Waals surface area contributed by atoms with Gasteiger partial charge in [0, 0.05) is 11.3 Å². The molecule has 1 aliphatic rings. The monoisotopic (exact) mass is 322 g/mol. The number of aliphatic imine (C=N–C) groups is 1. The van der Waals surface area contributed by atoms with Crippen LogP contribution < -0.4 is 16.2 Å². The number of aromatic amines is 1. The summed E-state index contributed by atoms with van der Waals surface area (Å²) in [4.78, 5) is 12.2. The van der Waals surface area contributed by atoms with Crippen LogP contribution in [-0.4, -0.2) is 27.5 Å². The molecule has 0 fully saturated rings. The maximum Gasteiger partial charge on any atom is 0.209 e. The average Bonchev–Trinajstić information content (AvgIpc) is 2.99. The van der Waals surface area contributed by atoms with Crippen molar-refractivity contribution in [3.63, 3.8) is 0 Å². The molecule has 0 saturated carbocycles. The normalized spacial score (nSPS) is 14.4. The number of nitrogens with zero attached hydrogens (tertiary/aromatic N) is 2. The number of imidazole rings is 1. The van der Waals surface area contributed by atoms with Gasteiger partial charge >= 0.3 is 0 Å². The van der Waals surface area contributed by atoms with Gasteiger partial charge in [0.2, 0.25) is 5.11 Å². The first-order valence-electron chi connectivity index (χ1n) is 7.20. The van der Waals surface area contributed by atoms with Gasteiger partial charge in [0.1, 0.15) is 11.7 Å². The van der Waals surface area contributed by atoms with E-state index in [1.54, 1.807) is 0 Å². The summed E-state index contributed by atoms with van der Waals surface area (Å²) in [7, 11) is 0. The van der Waals surface area contributed by atoms with E-state index >= 15 is 0 Å². The summed E-state index contributed by atoms with van der Waals surface area (Å²) < 4.78 is 0. The molecule has 23 heavy (non-hydrogen) atoms. The predicted molar refractivity (Wildman–Crippen MR) is 96.3 cm³/mol. The Balaban J connectivity index is 1.56. The van der Waals surface area contributed by atoms with Crippen molar-refractivity contribution < 1.29 is 0 Å². The second-order valence-corrected chi connectivity index (χ2v) is 5.53. The third-order valence-corrected chi connectivity index (χ3v) is 3.72. The standard InChI is InChI=1S/C16H14N6S/c23-16-21-14(9-17-22-16)18-11-7-5-10(6-8-11)15-19-12-3-1-2-4-13(12)20-15/h1-8,17H,9H2,(H,19,20)(H2,18,21,22,23). The highest BCUT2D eigenvalue weighted by Gasteiger charge is 2.08. The number of nitrogens with one attached hydrogen (secondary N) is 4. The van der Waals surface area contributed by atoms with Crippen molar-refractivity contribution in [2.24, 2.45) is 4.99 Å². The number of rotatable bonds is 2. The highest BCUT2D eigenvalue weighted by atomic mass is 32.1. The lowest BCUT2D eigenvalue weighted by atomic mass is 10.2. The number of para-hydroxylation sites is 2. The molecule has 0 amide bonds. The lowest BCUT2D eigenvalue weighted by Crippen LogP contribution is -2.46. The molecule has 0 saturated heterocycles. The fraction of sp³-hybridized carbons (Fsp3) is 0.0625. The highest BCUT2D eigenvalue weighted by Crippen LogP contribution is 2.22. The Bertz CT molecular complexity index is 863. The van der Waals surface area contributed by atoms with Crippen molar-refractivity contribution in [2.45, 2.75) is 0 Å². The van der Waals surface area contributed by atoms with Crippen LogP contribution in [0, 0.1) is 0 Å². The zero-order valence-electron chi connectivity index (χ0n) is 12.1. The maximum atomic E-state index is 5.00. The summed E-state index contributed by atoms with van der Waals surface area (Å²) in [5.74, 6) is 1.64. The van der Waals surface area contributed by atoms with Crippen LogP contribution >= 0.6 is 12.2 Å². The molecule has 0 bridgehead atoms. The van der Waals surface area contributed by atoms with Gasteiger partial charge in [-0.15, -0.1) is 0 Å². The first-order valence-corrected chi connectivity index (χ1v) is 7.61. The van der Waals surface area contributed by atoms with Crippen LogP contribution in [0.3, 0.4) is 0 Å². The van der Waals surface area contributed by atoms with E-state index < -0.39 is 0 Å². The fourth-order valence-electron chi connectivity index (χ4n) is 2.43. The molecule has 0 radical (unpaired) electrons. The van der Waals surface area contributed by atoms with E-state index in [4.69, 9.17) is 12.2 Å². The molecule has 0 aliphatic carbocycles. The lowest BCUT2D eigenvalue weighted by Gasteiger charge is -2.17. The van der Waals surface area contributed by atoms with E-state index in [1.165, 1.54) is 0 Å². The number of aromatic nitrogens is 2. The van der Waals surface area contributed by atoms with Crippen molar-refractivity contribution in [2.75, 3.05) is 11.9 Å². The molecule has 1 aliphatic heterocycles. The Labute approximate surface area is 138 Å². The molecule has 7 heteroatoms. The first-order chi connectivity index (χ1) is 11.3. The van der Waals surface area contributed by atoms with E-state index in [0.717, 1.165) is 33.9 Å². The van der Waals surface area contributed by atoms with Gasteiger partial charge in [-0.1, -0.05) is 12.1 Å². The largest absolute Gasteiger partial charge is 0.343 e. The second-order valence-electron chi connectivity index (χ2n) is 5.15. The molecule has 2 aromatic carbocycles. The quantitative estimate of drug-likeness (QED) is 0.545. The van der Waals surface area contributed by atoms with Crippen molar-refractivity contribution in [1.82, 2.24) is 20.8 Å². The van der Waals surface area contributed by atoms with Gasteiger partial charge < -0.3 is 10.3 Å². The van der Waals surface area contributed by atoms with Crippen LogP contribution in [0.5, 0.6) is 0 Å². The van der Waals surface area contributed by atoms with E-state index in [0.29, 0.717) is 11.7 Å². The number of thiocarbonyl (C=S) groups is 1. The molecular weight excluding hydrogens is 308 g/mol. The number of anilines is 1. The fourth-order valence-corrected chi connectivity index (χ4v) is 2.62. The van der Waals surface area contributed by atoms with Gasteiger partial charge in [0.05, 0.1) is 17.6 Å². The Morgan fingerprint density at radius 3 is 2.65 bits per heavy atom. The van der Waals surface area contributed by atoms with Crippen LogP contribution in [0.15, 0.2) is 53.5 Å². The van der Waals surface area contributed by atoms with E-state index in [-0.39, 0.29) is 0 Å². The minimum absolute atomic E-state index is 0.428. The van der Waals surface area contributed by atoms with Crippen molar-refractivity contribution in [3.05, 3.63) is 48.5 Å². The maximum absolute atomic E-state index is 5.00. The molecule has 1 aromatic heterocycles. The van der Waals surface area contributed by atoms with Gasteiger partial charge in [-0.2, -0.15) is 0 Å². The molecule has 0 atom stereocenters. The number of benzene rings is 2. The lowest BCUT2D eigenvalue weighted by molar-refractivity contribution is 0.718. The number of hydrogen-bond donors (Lipinski definition) is 4. The zero-order chi connectivity index (χ0) is 15.6. The Morgan fingerprint density at radius 1 is 1.04 bits per heavy atom. The number of hydrazine groups is 1. The van der Waals surface area contributed by atoms with Crippen molar-refractivity contribution in [3.8, 4) is 11.4 Å². The van der Waals surface area contributed by atoms with Crippen LogP contribution in [0.4, 0.5) is 5.69 Å². The number of hydrogen-bond acceptors (Lipinski definition) is 4. The summed E-state index contributed by atoms with van der Waals surface area (Å²) in [6, 6.07) is 16.0. The molecule has 2 heterocycles. The van der Waals surface area contributed by atoms with E-state index in [9.17, 15) is 0 Å².